The average molecular weight is 369 g/mol. The van der Waals surface area contributed by atoms with Gasteiger partial charge in [0.05, 0.1) is 6.61 Å². The molecule has 25 heavy (non-hydrogen) atoms. The van der Waals surface area contributed by atoms with E-state index in [9.17, 15) is 8.76 Å². The lowest BCUT2D eigenvalue weighted by atomic mass is 10.00. The number of hydrogen-bond donors (Lipinski definition) is 1. The van der Waals surface area contributed by atoms with E-state index in [2.05, 4.69) is 36.8 Å². The Morgan fingerprint density at radius 3 is 2.40 bits per heavy atom. The third-order valence-electron chi connectivity index (χ3n) is 4.29. The van der Waals surface area contributed by atoms with Gasteiger partial charge in [-0.25, -0.2) is 4.72 Å². The second kappa shape index (κ2) is 14.3. The summed E-state index contributed by atoms with van der Waals surface area (Å²) in [6.07, 6.45) is 11.3. The Hall–Kier alpha value is -0.910. The molecule has 1 atom stereocenters. The number of hydrogen-bond acceptors (Lipinski definition) is 3. The zero-order valence-electron chi connectivity index (χ0n) is 15.9. The zero-order chi connectivity index (χ0) is 18.3. The summed E-state index contributed by atoms with van der Waals surface area (Å²) in [5.41, 5.74) is 2.73. The summed E-state index contributed by atoms with van der Waals surface area (Å²) in [5, 5.41) is 0. The van der Waals surface area contributed by atoms with Crippen LogP contribution >= 0.6 is 0 Å². The first-order valence-corrected chi connectivity index (χ1v) is 10.8. The van der Waals surface area contributed by atoms with Gasteiger partial charge in [-0.05, 0) is 55.7 Å². The summed E-state index contributed by atoms with van der Waals surface area (Å²) in [7, 11) is 0. The first-order valence-electron chi connectivity index (χ1n) is 9.74. The zero-order valence-corrected chi connectivity index (χ0v) is 16.7. The third-order valence-corrected chi connectivity index (χ3v) is 4.73. The van der Waals surface area contributed by atoms with Gasteiger partial charge < -0.3 is 9.29 Å². The van der Waals surface area contributed by atoms with Crippen LogP contribution in [0.5, 0.6) is 5.75 Å². The van der Waals surface area contributed by atoms with Crippen molar-refractivity contribution < 1.29 is 13.5 Å². The van der Waals surface area contributed by atoms with Crippen LogP contribution in [0.3, 0.4) is 0 Å². The normalized spacial score (nSPS) is 12.3. The van der Waals surface area contributed by atoms with Gasteiger partial charge in [-0.1, -0.05) is 51.7 Å². The highest BCUT2D eigenvalue weighted by molar-refractivity contribution is 7.77. The maximum Gasteiger partial charge on any atom is 0.122 e. The minimum Gasteiger partial charge on any atom is -0.760 e. The molecule has 0 spiro atoms. The van der Waals surface area contributed by atoms with Crippen molar-refractivity contribution in [3.8, 4) is 5.75 Å². The van der Waals surface area contributed by atoms with E-state index in [4.69, 9.17) is 4.74 Å². The third kappa shape index (κ3) is 10.6. The monoisotopic (exact) mass is 368 g/mol. The maximum atomic E-state index is 10.4. The van der Waals surface area contributed by atoms with Gasteiger partial charge in [0.25, 0.3) is 0 Å². The van der Waals surface area contributed by atoms with Crippen LogP contribution in [0.25, 0.3) is 0 Å². The van der Waals surface area contributed by atoms with Crippen molar-refractivity contribution in [2.75, 3.05) is 13.2 Å². The highest BCUT2D eigenvalue weighted by Crippen LogP contribution is 2.24. The van der Waals surface area contributed by atoms with Crippen LogP contribution in [0, 0.1) is 0 Å². The molecule has 4 nitrogen and oxygen atoms in total. The van der Waals surface area contributed by atoms with Crippen molar-refractivity contribution in [1.29, 1.82) is 0 Å². The molecule has 0 radical (unpaired) electrons. The Morgan fingerprint density at radius 2 is 1.72 bits per heavy atom. The van der Waals surface area contributed by atoms with E-state index in [1.807, 2.05) is 0 Å². The van der Waals surface area contributed by atoms with Crippen molar-refractivity contribution in [3.05, 3.63) is 29.3 Å². The van der Waals surface area contributed by atoms with Gasteiger partial charge in [-0.15, -0.1) is 0 Å². The molecule has 0 saturated carbocycles. The summed E-state index contributed by atoms with van der Waals surface area (Å²) in [4.78, 5) is 0. The van der Waals surface area contributed by atoms with Crippen LogP contribution in [0.1, 0.15) is 76.3 Å². The van der Waals surface area contributed by atoms with E-state index in [1.54, 1.807) is 0 Å². The highest BCUT2D eigenvalue weighted by Gasteiger charge is 2.06. The molecule has 0 fully saturated rings. The Bertz CT molecular complexity index is 494. The van der Waals surface area contributed by atoms with Crippen LogP contribution in [0.2, 0.25) is 0 Å². The van der Waals surface area contributed by atoms with Crippen molar-refractivity contribution in [2.45, 2.75) is 78.1 Å². The fraction of sp³-hybridized carbons (Fsp3) is 0.700. The summed E-state index contributed by atoms with van der Waals surface area (Å²) in [6, 6.07) is 6.63. The smallest absolute Gasteiger partial charge is 0.122 e. The van der Waals surface area contributed by atoms with Gasteiger partial charge in [-0.3, -0.25) is 4.21 Å². The molecule has 0 saturated heterocycles. The molecule has 0 aliphatic rings. The summed E-state index contributed by atoms with van der Waals surface area (Å²) < 4.78 is 29.2. The van der Waals surface area contributed by atoms with E-state index < -0.39 is 11.3 Å². The van der Waals surface area contributed by atoms with Crippen molar-refractivity contribution >= 4 is 11.3 Å². The number of rotatable bonds is 15. The largest absolute Gasteiger partial charge is 0.760 e. The Labute approximate surface area is 156 Å². The lowest BCUT2D eigenvalue weighted by Crippen LogP contribution is -2.18. The lowest BCUT2D eigenvalue weighted by molar-refractivity contribution is 0.303. The van der Waals surface area contributed by atoms with Crippen LogP contribution in [-0.2, 0) is 24.1 Å². The topological polar surface area (TPSA) is 61.4 Å². The maximum absolute atomic E-state index is 10.4. The lowest BCUT2D eigenvalue weighted by Gasteiger charge is -2.14. The van der Waals surface area contributed by atoms with E-state index in [-0.39, 0.29) is 0 Å². The fourth-order valence-electron chi connectivity index (χ4n) is 2.83. The molecule has 1 aromatic rings. The van der Waals surface area contributed by atoms with Crippen molar-refractivity contribution in [3.63, 3.8) is 0 Å². The van der Waals surface area contributed by atoms with Gasteiger partial charge >= 0.3 is 0 Å². The predicted octanol–water partition coefficient (Wildman–Crippen LogP) is 4.69. The average Bonchev–Trinajstić information content (AvgIpc) is 2.59. The second-order valence-corrected chi connectivity index (χ2v) is 7.30. The van der Waals surface area contributed by atoms with Gasteiger partial charge in [-0.2, -0.15) is 0 Å². The van der Waals surface area contributed by atoms with Gasteiger partial charge in [0, 0.05) is 17.8 Å². The van der Waals surface area contributed by atoms with Crippen molar-refractivity contribution in [1.82, 2.24) is 4.72 Å². The van der Waals surface area contributed by atoms with Gasteiger partial charge in [0.15, 0.2) is 0 Å². The standard InChI is InChI=1S/C20H35NO3S/c1-3-5-7-11-18-13-14-20(19(17-18)12-8-6-4-2)24-16-10-9-15-21-25(22)23/h13-14,17,21H,3-12,15-16H2,1-2H3,(H,22,23)/p-1. The second-order valence-electron chi connectivity index (χ2n) is 6.54. The minimum absolute atomic E-state index is 0.471. The van der Waals surface area contributed by atoms with E-state index >= 15 is 0 Å². The molecule has 144 valence electrons. The molecule has 0 aromatic heterocycles. The van der Waals surface area contributed by atoms with Crippen molar-refractivity contribution in [2.24, 2.45) is 0 Å². The quantitative estimate of drug-likeness (QED) is 0.361. The number of aryl methyl sites for hydroxylation is 2. The molecule has 1 unspecified atom stereocenters. The number of unbranched alkanes of at least 4 members (excludes halogenated alkanes) is 5. The highest BCUT2D eigenvalue weighted by atomic mass is 32.2. The van der Waals surface area contributed by atoms with Gasteiger partial charge in [0.2, 0.25) is 0 Å². The molecular weight excluding hydrogens is 334 g/mol. The van der Waals surface area contributed by atoms with Crippen LogP contribution in [0.4, 0.5) is 0 Å². The van der Waals surface area contributed by atoms with Crippen LogP contribution in [-0.4, -0.2) is 21.9 Å². The Kier molecular flexibility index (Phi) is 12.6. The fourth-order valence-corrected chi connectivity index (χ4v) is 3.14. The SMILES string of the molecule is CCCCCc1ccc(OCCCCNS(=O)[O-])c(CCCCC)c1. The molecule has 1 rings (SSSR count). The molecular formula is C20H34NO3S-. The molecule has 5 heteroatoms. The molecule has 0 aliphatic carbocycles. The van der Waals surface area contributed by atoms with E-state index in [0.717, 1.165) is 31.4 Å². The molecule has 1 aromatic carbocycles. The number of ether oxygens (including phenoxy) is 1. The Balaban J connectivity index is 2.51. The summed E-state index contributed by atoms with van der Waals surface area (Å²) in [6.45, 7) is 5.56. The van der Waals surface area contributed by atoms with Crippen LogP contribution in [0.15, 0.2) is 18.2 Å². The van der Waals surface area contributed by atoms with Gasteiger partial charge in [0.1, 0.15) is 5.75 Å². The summed E-state index contributed by atoms with van der Waals surface area (Å²) >= 11 is -2.16. The molecule has 1 N–H and O–H groups in total. The number of benzene rings is 1. The Morgan fingerprint density at radius 1 is 1.00 bits per heavy atom. The number of nitrogens with one attached hydrogen (secondary N) is 1. The van der Waals surface area contributed by atoms with E-state index in [1.165, 1.54) is 49.7 Å². The molecule has 0 amide bonds. The first-order chi connectivity index (χ1) is 12.2. The molecule has 0 bridgehead atoms. The van der Waals surface area contributed by atoms with Crippen LogP contribution < -0.4 is 9.46 Å². The predicted molar refractivity (Wildman–Crippen MR) is 105 cm³/mol. The first kappa shape index (κ1) is 22.1. The minimum atomic E-state index is -2.16. The summed E-state index contributed by atoms with van der Waals surface area (Å²) in [5.74, 6) is 0.996. The molecule has 0 aliphatic heterocycles. The van der Waals surface area contributed by atoms with E-state index in [0.29, 0.717) is 13.2 Å². The molecule has 0 heterocycles.